The lowest BCUT2D eigenvalue weighted by molar-refractivity contribution is -0.135. The van der Waals surface area contributed by atoms with E-state index >= 15 is 0 Å². The Labute approximate surface area is 190 Å². The van der Waals surface area contributed by atoms with E-state index in [0.717, 1.165) is 34.5 Å². The molecule has 3 amide bonds. The van der Waals surface area contributed by atoms with Crippen LogP contribution in [0.5, 0.6) is 0 Å². The van der Waals surface area contributed by atoms with Crippen LogP contribution < -0.4 is 10.6 Å². The van der Waals surface area contributed by atoms with Crippen molar-refractivity contribution in [2.45, 2.75) is 34.1 Å². The van der Waals surface area contributed by atoms with Crippen LogP contribution >= 0.6 is 0 Å². The number of aryl methyl sites for hydroxylation is 2. The molecular weight excluding hydrogens is 404 g/mol. The van der Waals surface area contributed by atoms with E-state index in [1.165, 1.54) is 4.90 Å². The van der Waals surface area contributed by atoms with E-state index < -0.39 is 0 Å². The summed E-state index contributed by atoms with van der Waals surface area (Å²) in [7, 11) is 1.72. The number of nitrogens with one attached hydrogen (secondary N) is 2. The van der Waals surface area contributed by atoms with Gasteiger partial charge < -0.3 is 15.5 Å². The molecule has 0 heterocycles. The molecular formula is C25H34N4O3. The molecule has 2 aromatic carbocycles. The average molecular weight is 439 g/mol. The third kappa shape index (κ3) is 7.50. The molecule has 0 aliphatic heterocycles. The van der Waals surface area contributed by atoms with Crippen LogP contribution in [-0.4, -0.2) is 60.7 Å². The predicted octanol–water partition coefficient (Wildman–Crippen LogP) is 3.36. The second-order valence-corrected chi connectivity index (χ2v) is 8.15. The number of anilines is 2. The highest BCUT2D eigenvalue weighted by molar-refractivity contribution is 5.96. The summed E-state index contributed by atoms with van der Waals surface area (Å²) < 4.78 is 0. The third-order valence-electron chi connectivity index (χ3n) is 5.30. The van der Waals surface area contributed by atoms with Gasteiger partial charge in [0.15, 0.2) is 0 Å². The molecule has 0 saturated carbocycles. The Kier molecular flexibility index (Phi) is 9.40. The minimum absolute atomic E-state index is 0.0243. The molecule has 172 valence electrons. The first-order valence-electron chi connectivity index (χ1n) is 10.9. The number of rotatable bonds is 10. The van der Waals surface area contributed by atoms with Crippen molar-refractivity contribution in [3.8, 4) is 0 Å². The minimum Gasteiger partial charge on any atom is -0.332 e. The highest BCUT2D eigenvalue weighted by atomic mass is 16.2. The largest absolute Gasteiger partial charge is 0.332 e. The first-order valence-corrected chi connectivity index (χ1v) is 10.9. The molecule has 7 nitrogen and oxygen atoms in total. The lowest BCUT2D eigenvalue weighted by Crippen LogP contribution is -2.44. The van der Waals surface area contributed by atoms with Crippen LogP contribution in [-0.2, 0) is 14.4 Å². The van der Waals surface area contributed by atoms with Crippen molar-refractivity contribution in [3.05, 3.63) is 59.2 Å². The number of carbonyl (C=O) groups is 3. The first-order chi connectivity index (χ1) is 15.2. The van der Waals surface area contributed by atoms with Crippen LogP contribution in [0.2, 0.25) is 0 Å². The lowest BCUT2D eigenvalue weighted by Gasteiger charge is -2.25. The highest BCUT2D eigenvalue weighted by Crippen LogP contribution is 2.18. The van der Waals surface area contributed by atoms with Gasteiger partial charge >= 0.3 is 0 Å². The van der Waals surface area contributed by atoms with Gasteiger partial charge in [0.1, 0.15) is 0 Å². The summed E-state index contributed by atoms with van der Waals surface area (Å²) >= 11 is 0. The molecule has 0 unspecified atom stereocenters. The van der Waals surface area contributed by atoms with E-state index in [4.69, 9.17) is 0 Å². The van der Waals surface area contributed by atoms with Gasteiger partial charge in [0.25, 0.3) is 0 Å². The monoisotopic (exact) mass is 438 g/mol. The summed E-state index contributed by atoms with van der Waals surface area (Å²) in [5.41, 5.74) is 4.60. The third-order valence-corrected chi connectivity index (χ3v) is 5.30. The van der Waals surface area contributed by atoms with Crippen molar-refractivity contribution in [2.75, 3.05) is 43.9 Å². The highest BCUT2D eigenvalue weighted by Gasteiger charge is 2.19. The minimum atomic E-state index is -0.239. The number of likely N-dealkylation sites (N-methyl/N-ethyl adjacent to an activating group) is 1. The molecule has 2 aromatic rings. The van der Waals surface area contributed by atoms with Gasteiger partial charge in [-0.3, -0.25) is 19.3 Å². The molecule has 0 saturated heterocycles. The van der Waals surface area contributed by atoms with Crippen molar-refractivity contribution < 1.29 is 14.4 Å². The normalized spacial score (nSPS) is 10.7. The molecule has 0 fully saturated rings. The van der Waals surface area contributed by atoms with Gasteiger partial charge in [0, 0.05) is 17.9 Å². The van der Waals surface area contributed by atoms with E-state index in [2.05, 4.69) is 10.6 Å². The van der Waals surface area contributed by atoms with Gasteiger partial charge in [-0.1, -0.05) is 37.3 Å². The van der Waals surface area contributed by atoms with Gasteiger partial charge in [0.05, 0.1) is 19.6 Å². The van der Waals surface area contributed by atoms with Crippen LogP contribution in [0.4, 0.5) is 11.4 Å². The summed E-state index contributed by atoms with van der Waals surface area (Å²) in [4.78, 5) is 40.9. The quantitative estimate of drug-likeness (QED) is 0.596. The van der Waals surface area contributed by atoms with E-state index in [-0.39, 0.29) is 37.4 Å². The Balaban J connectivity index is 1.90. The van der Waals surface area contributed by atoms with Crippen molar-refractivity contribution in [1.29, 1.82) is 0 Å². The maximum absolute atomic E-state index is 12.8. The Morgan fingerprint density at radius 1 is 0.781 bits per heavy atom. The zero-order valence-corrected chi connectivity index (χ0v) is 19.7. The number of benzene rings is 2. The Hall–Kier alpha value is -3.19. The molecule has 0 aromatic heterocycles. The summed E-state index contributed by atoms with van der Waals surface area (Å²) in [6.07, 6.45) is 0.736. The zero-order valence-electron chi connectivity index (χ0n) is 19.7. The smallest absolute Gasteiger partial charge is 0.244 e. The molecule has 0 aliphatic carbocycles. The predicted molar refractivity (Wildman–Crippen MR) is 129 cm³/mol. The molecule has 2 rings (SSSR count). The Morgan fingerprint density at radius 2 is 1.38 bits per heavy atom. The van der Waals surface area contributed by atoms with Crippen molar-refractivity contribution in [2.24, 2.45) is 0 Å². The van der Waals surface area contributed by atoms with E-state index in [1.807, 2.05) is 70.2 Å². The molecule has 2 N–H and O–H groups in total. The summed E-state index contributed by atoms with van der Waals surface area (Å²) in [5, 5.41) is 5.77. The summed E-state index contributed by atoms with van der Waals surface area (Å²) in [6, 6.07) is 13.3. The number of para-hydroxylation sites is 1. The Bertz CT molecular complexity index is 958. The molecule has 0 atom stereocenters. The van der Waals surface area contributed by atoms with Gasteiger partial charge in [-0.15, -0.1) is 0 Å². The van der Waals surface area contributed by atoms with Gasteiger partial charge in [-0.05, 0) is 63.1 Å². The maximum Gasteiger partial charge on any atom is 0.244 e. The number of amides is 3. The second kappa shape index (κ2) is 12.0. The first kappa shape index (κ1) is 25.1. The van der Waals surface area contributed by atoms with Crippen molar-refractivity contribution in [3.63, 3.8) is 0 Å². The van der Waals surface area contributed by atoms with E-state index in [1.54, 1.807) is 11.9 Å². The Morgan fingerprint density at radius 3 is 2.06 bits per heavy atom. The van der Waals surface area contributed by atoms with Gasteiger partial charge in [-0.25, -0.2) is 0 Å². The maximum atomic E-state index is 12.8. The standard InChI is InChI=1S/C25H34N4O3/c1-6-14-29(16-24(31)26-21-12-8-7-10-19(21)3)25(32)17-28(5)15-23(30)27-22-13-9-11-18(2)20(22)4/h7-13H,6,14-17H2,1-5H3,(H,26,31)(H,27,30). The number of hydrogen-bond acceptors (Lipinski definition) is 4. The SMILES string of the molecule is CCCN(CC(=O)Nc1ccccc1C)C(=O)CN(C)CC(=O)Nc1cccc(C)c1C. The molecule has 7 heteroatoms. The fourth-order valence-electron chi connectivity index (χ4n) is 3.35. The number of hydrogen-bond donors (Lipinski definition) is 2. The number of carbonyl (C=O) groups excluding carboxylic acids is 3. The fourth-order valence-corrected chi connectivity index (χ4v) is 3.35. The second-order valence-electron chi connectivity index (χ2n) is 8.15. The lowest BCUT2D eigenvalue weighted by atomic mass is 10.1. The van der Waals surface area contributed by atoms with E-state index in [0.29, 0.717) is 6.54 Å². The number of nitrogens with zero attached hydrogens (tertiary/aromatic N) is 2. The van der Waals surface area contributed by atoms with Crippen LogP contribution in [0.1, 0.15) is 30.0 Å². The van der Waals surface area contributed by atoms with Crippen LogP contribution in [0.15, 0.2) is 42.5 Å². The van der Waals surface area contributed by atoms with Crippen LogP contribution in [0, 0.1) is 20.8 Å². The molecule has 0 aliphatic rings. The van der Waals surface area contributed by atoms with Crippen LogP contribution in [0.3, 0.4) is 0 Å². The van der Waals surface area contributed by atoms with Gasteiger partial charge in [-0.2, -0.15) is 0 Å². The fraction of sp³-hybridized carbons (Fsp3) is 0.400. The summed E-state index contributed by atoms with van der Waals surface area (Å²) in [6.45, 7) is 8.41. The molecule has 0 spiro atoms. The molecule has 32 heavy (non-hydrogen) atoms. The van der Waals surface area contributed by atoms with Crippen LogP contribution in [0.25, 0.3) is 0 Å². The average Bonchev–Trinajstić information content (AvgIpc) is 2.72. The van der Waals surface area contributed by atoms with E-state index in [9.17, 15) is 14.4 Å². The van der Waals surface area contributed by atoms with Gasteiger partial charge in [0.2, 0.25) is 17.7 Å². The van der Waals surface area contributed by atoms with Crippen molar-refractivity contribution in [1.82, 2.24) is 9.80 Å². The molecule has 0 radical (unpaired) electrons. The zero-order chi connectivity index (χ0) is 23.7. The topological polar surface area (TPSA) is 81.8 Å². The summed E-state index contributed by atoms with van der Waals surface area (Å²) in [5.74, 6) is -0.612. The van der Waals surface area contributed by atoms with Crippen molar-refractivity contribution >= 4 is 29.1 Å². The molecule has 0 bridgehead atoms.